The van der Waals surface area contributed by atoms with E-state index in [4.69, 9.17) is 5.73 Å². The smallest absolute Gasteiger partial charge is 0.220 e. The third-order valence-electron chi connectivity index (χ3n) is 3.49. The average molecular weight is 258 g/mol. The Morgan fingerprint density at radius 2 is 1.94 bits per heavy atom. The zero-order valence-electron chi connectivity index (χ0n) is 12.1. The molecule has 0 aromatic carbocycles. The topological polar surface area (TPSA) is 75.3 Å². The van der Waals surface area contributed by atoms with E-state index >= 15 is 0 Å². The molecule has 0 saturated heterocycles. The minimum Gasteiger partial charge on any atom is -0.393 e. The number of aliphatic hydroxyl groups is 1. The molecular formula is C14H30N2O2. The van der Waals surface area contributed by atoms with E-state index in [2.05, 4.69) is 19.2 Å². The highest BCUT2D eigenvalue weighted by molar-refractivity contribution is 5.75. The first-order valence-electron chi connectivity index (χ1n) is 7.16. The van der Waals surface area contributed by atoms with Crippen LogP contribution in [0.3, 0.4) is 0 Å². The normalized spacial score (nSPS) is 14.6. The third kappa shape index (κ3) is 8.48. The van der Waals surface area contributed by atoms with Gasteiger partial charge in [0.15, 0.2) is 0 Å². The second kappa shape index (κ2) is 10.3. The third-order valence-corrected chi connectivity index (χ3v) is 3.49. The van der Waals surface area contributed by atoms with Crippen LogP contribution in [0.1, 0.15) is 52.9 Å². The maximum atomic E-state index is 11.6. The van der Waals surface area contributed by atoms with Gasteiger partial charge < -0.3 is 16.2 Å². The van der Waals surface area contributed by atoms with Crippen LogP contribution in [0, 0.1) is 11.8 Å². The summed E-state index contributed by atoms with van der Waals surface area (Å²) in [5.74, 6) is 1.19. The first kappa shape index (κ1) is 17.4. The Kier molecular flexibility index (Phi) is 9.98. The summed E-state index contributed by atoms with van der Waals surface area (Å²) < 4.78 is 0. The monoisotopic (exact) mass is 258 g/mol. The predicted molar refractivity (Wildman–Crippen MR) is 75.2 cm³/mol. The summed E-state index contributed by atoms with van der Waals surface area (Å²) in [6, 6.07) is 0. The molecule has 0 spiro atoms. The number of carbonyl (C=O) groups is 1. The van der Waals surface area contributed by atoms with Gasteiger partial charge in [0.2, 0.25) is 5.91 Å². The van der Waals surface area contributed by atoms with Gasteiger partial charge in [0.25, 0.3) is 0 Å². The summed E-state index contributed by atoms with van der Waals surface area (Å²) in [4.78, 5) is 11.6. The van der Waals surface area contributed by atoms with Crippen LogP contribution in [-0.4, -0.2) is 30.2 Å². The summed E-state index contributed by atoms with van der Waals surface area (Å²) in [7, 11) is 0. The molecular weight excluding hydrogens is 228 g/mol. The number of aliphatic hydroxyl groups excluding tert-OH is 1. The van der Waals surface area contributed by atoms with E-state index in [9.17, 15) is 9.90 Å². The van der Waals surface area contributed by atoms with Crippen molar-refractivity contribution < 1.29 is 9.90 Å². The number of nitrogens with one attached hydrogen (secondary N) is 1. The van der Waals surface area contributed by atoms with Crippen molar-refractivity contribution in [1.29, 1.82) is 0 Å². The van der Waals surface area contributed by atoms with Crippen LogP contribution in [0.4, 0.5) is 0 Å². The van der Waals surface area contributed by atoms with Crippen molar-refractivity contribution in [2.24, 2.45) is 17.6 Å². The van der Waals surface area contributed by atoms with Crippen LogP contribution in [0.5, 0.6) is 0 Å². The van der Waals surface area contributed by atoms with E-state index in [1.807, 2.05) is 6.92 Å². The van der Waals surface area contributed by atoms with E-state index in [-0.39, 0.29) is 12.0 Å². The second-order valence-corrected chi connectivity index (χ2v) is 5.32. The van der Waals surface area contributed by atoms with E-state index in [0.29, 0.717) is 37.8 Å². The second-order valence-electron chi connectivity index (χ2n) is 5.32. The standard InChI is InChI=1S/C14H30N2O2/c1-4-13(17)8-10-16-14(18)6-5-12(7-9-15)11(2)3/h11-13,17H,4-10,15H2,1-3H3,(H,16,18). The summed E-state index contributed by atoms with van der Waals surface area (Å²) in [6.07, 6.45) is 3.52. The average Bonchev–Trinajstić information content (AvgIpc) is 2.33. The Labute approximate surface area is 111 Å². The number of carbonyl (C=O) groups excluding carboxylic acids is 1. The van der Waals surface area contributed by atoms with Crippen molar-refractivity contribution in [2.45, 2.75) is 59.0 Å². The molecule has 0 radical (unpaired) electrons. The van der Waals surface area contributed by atoms with Gasteiger partial charge in [0, 0.05) is 13.0 Å². The number of rotatable bonds is 10. The maximum absolute atomic E-state index is 11.6. The van der Waals surface area contributed by atoms with Crippen LogP contribution in [0.15, 0.2) is 0 Å². The number of amides is 1. The molecule has 0 aromatic heterocycles. The van der Waals surface area contributed by atoms with Gasteiger partial charge in [-0.3, -0.25) is 4.79 Å². The van der Waals surface area contributed by atoms with Crippen LogP contribution in [0.25, 0.3) is 0 Å². The Morgan fingerprint density at radius 3 is 2.44 bits per heavy atom. The SMILES string of the molecule is CCC(O)CCNC(=O)CCC(CCN)C(C)C. The Hall–Kier alpha value is -0.610. The molecule has 4 heteroatoms. The molecule has 108 valence electrons. The number of nitrogens with two attached hydrogens (primary N) is 1. The summed E-state index contributed by atoms with van der Waals surface area (Å²) in [5, 5.41) is 12.2. The molecule has 0 aromatic rings. The van der Waals surface area contributed by atoms with Gasteiger partial charge in [-0.1, -0.05) is 20.8 Å². The fourth-order valence-corrected chi connectivity index (χ4v) is 2.01. The molecule has 0 fully saturated rings. The molecule has 4 N–H and O–H groups in total. The lowest BCUT2D eigenvalue weighted by Crippen LogP contribution is -2.27. The molecule has 0 aliphatic rings. The quantitative estimate of drug-likeness (QED) is 0.558. The Bertz CT molecular complexity index is 220. The van der Waals surface area contributed by atoms with Crippen LogP contribution in [-0.2, 0) is 4.79 Å². The van der Waals surface area contributed by atoms with Gasteiger partial charge in [-0.2, -0.15) is 0 Å². The number of hydrogen-bond acceptors (Lipinski definition) is 3. The highest BCUT2D eigenvalue weighted by Gasteiger charge is 2.14. The molecule has 0 rings (SSSR count). The van der Waals surface area contributed by atoms with E-state index in [1.54, 1.807) is 0 Å². The molecule has 0 heterocycles. The van der Waals surface area contributed by atoms with Gasteiger partial charge in [-0.05, 0) is 44.1 Å². The molecule has 18 heavy (non-hydrogen) atoms. The van der Waals surface area contributed by atoms with Gasteiger partial charge in [0.1, 0.15) is 0 Å². The highest BCUT2D eigenvalue weighted by atomic mass is 16.3. The summed E-state index contributed by atoms with van der Waals surface area (Å²) in [6.45, 7) is 7.54. The molecule has 4 nitrogen and oxygen atoms in total. The first-order chi connectivity index (χ1) is 8.51. The molecule has 0 aliphatic heterocycles. The maximum Gasteiger partial charge on any atom is 0.220 e. The van der Waals surface area contributed by atoms with Crippen molar-refractivity contribution in [3.63, 3.8) is 0 Å². The fourth-order valence-electron chi connectivity index (χ4n) is 2.01. The van der Waals surface area contributed by atoms with E-state index in [0.717, 1.165) is 19.3 Å². The lowest BCUT2D eigenvalue weighted by atomic mass is 9.88. The van der Waals surface area contributed by atoms with Gasteiger partial charge in [0.05, 0.1) is 6.10 Å². The van der Waals surface area contributed by atoms with Crippen LogP contribution < -0.4 is 11.1 Å². The van der Waals surface area contributed by atoms with E-state index < -0.39 is 0 Å². The molecule has 0 aliphatic carbocycles. The largest absolute Gasteiger partial charge is 0.393 e. The summed E-state index contributed by atoms with van der Waals surface area (Å²) >= 11 is 0. The molecule has 0 saturated carbocycles. The minimum absolute atomic E-state index is 0.0842. The van der Waals surface area contributed by atoms with Crippen molar-refractivity contribution in [3.05, 3.63) is 0 Å². The molecule has 2 unspecified atom stereocenters. The van der Waals surface area contributed by atoms with Gasteiger partial charge in [-0.25, -0.2) is 0 Å². The highest BCUT2D eigenvalue weighted by Crippen LogP contribution is 2.20. The number of hydrogen-bond donors (Lipinski definition) is 3. The molecule has 1 amide bonds. The zero-order valence-corrected chi connectivity index (χ0v) is 12.1. The van der Waals surface area contributed by atoms with Gasteiger partial charge >= 0.3 is 0 Å². The fraction of sp³-hybridized carbons (Fsp3) is 0.929. The zero-order chi connectivity index (χ0) is 14.0. The van der Waals surface area contributed by atoms with Crippen molar-refractivity contribution in [1.82, 2.24) is 5.32 Å². The first-order valence-corrected chi connectivity index (χ1v) is 7.16. The predicted octanol–water partition coefficient (Wildman–Crippen LogP) is 1.66. The van der Waals surface area contributed by atoms with Crippen molar-refractivity contribution in [2.75, 3.05) is 13.1 Å². The van der Waals surface area contributed by atoms with Crippen molar-refractivity contribution >= 4 is 5.91 Å². The lowest BCUT2D eigenvalue weighted by Gasteiger charge is -2.19. The van der Waals surface area contributed by atoms with Crippen LogP contribution >= 0.6 is 0 Å². The molecule has 0 bridgehead atoms. The van der Waals surface area contributed by atoms with Crippen LogP contribution in [0.2, 0.25) is 0 Å². The Morgan fingerprint density at radius 1 is 1.28 bits per heavy atom. The Balaban J connectivity index is 3.74. The minimum atomic E-state index is -0.300. The lowest BCUT2D eigenvalue weighted by molar-refractivity contribution is -0.121. The van der Waals surface area contributed by atoms with Crippen molar-refractivity contribution in [3.8, 4) is 0 Å². The summed E-state index contributed by atoms with van der Waals surface area (Å²) in [5.41, 5.74) is 5.57. The van der Waals surface area contributed by atoms with E-state index in [1.165, 1.54) is 0 Å². The van der Waals surface area contributed by atoms with Gasteiger partial charge in [-0.15, -0.1) is 0 Å². The molecule has 2 atom stereocenters.